The second kappa shape index (κ2) is 6.75. The quantitative estimate of drug-likeness (QED) is 0.362. The molecule has 0 aromatic heterocycles. The van der Waals surface area contributed by atoms with Gasteiger partial charge in [-0.1, -0.05) is 5.16 Å². The number of amides is 1. The highest BCUT2D eigenvalue weighted by molar-refractivity contribution is 5.98. The second-order valence-electron chi connectivity index (χ2n) is 4.34. The van der Waals surface area contributed by atoms with Crippen molar-refractivity contribution in [3.8, 4) is 0 Å². The molecule has 1 rings (SSSR count). The highest BCUT2D eigenvalue weighted by atomic mass is 16.5. The number of carbonyl (C=O) groups is 1. The zero-order valence-electron chi connectivity index (χ0n) is 11.3. The van der Waals surface area contributed by atoms with Gasteiger partial charge in [-0.15, -0.1) is 0 Å². The molecule has 0 spiro atoms. The number of likely N-dealkylation sites (N-methyl/N-ethyl adjacent to an activating group) is 1. The lowest BCUT2D eigenvalue weighted by Crippen LogP contribution is -2.31. The fourth-order valence-electron chi connectivity index (χ4n) is 1.39. The van der Waals surface area contributed by atoms with E-state index in [0.29, 0.717) is 11.3 Å². The maximum absolute atomic E-state index is 11.8. The van der Waals surface area contributed by atoms with Crippen LogP contribution in [0.4, 0.5) is 5.69 Å². The number of ether oxygens (including phenoxy) is 1. The molecule has 0 unspecified atom stereocenters. The molecule has 0 bridgehead atoms. The Morgan fingerprint density at radius 1 is 1.42 bits per heavy atom. The van der Waals surface area contributed by atoms with Gasteiger partial charge in [0.1, 0.15) is 6.61 Å². The van der Waals surface area contributed by atoms with E-state index in [1.165, 1.54) is 4.90 Å². The lowest BCUT2D eigenvalue weighted by molar-refractivity contribution is -0.124. The fraction of sp³-hybridized carbons (Fsp3) is 0.385. The minimum Gasteiger partial charge on any atom is -0.409 e. The molecular weight excluding hydrogens is 246 g/mol. The number of benzene rings is 1. The van der Waals surface area contributed by atoms with Crippen LogP contribution in [0.15, 0.2) is 29.4 Å². The highest BCUT2D eigenvalue weighted by Gasteiger charge is 2.12. The molecule has 6 nitrogen and oxygen atoms in total. The molecule has 0 aliphatic rings. The minimum absolute atomic E-state index is 0.0142. The van der Waals surface area contributed by atoms with Crippen LogP contribution in [0.2, 0.25) is 0 Å². The molecule has 0 saturated carbocycles. The number of nitrogens with zero attached hydrogens (tertiary/aromatic N) is 2. The van der Waals surface area contributed by atoms with Gasteiger partial charge in [-0.05, 0) is 38.1 Å². The van der Waals surface area contributed by atoms with E-state index in [2.05, 4.69) is 5.16 Å². The van der Waals surface area contributed by atoms with E-state index in [0.717, 1.165) is 0 Å². The number of hydrogen-bond donors (Lipinski definition) is 2. The first kappa shape index (κ1) is 15.0. The molecule has 19 heavy (non-hydrogen) atoms. The van der Waals surface area contributed by atoms with Gasteiger partial charge in [0.05, 0.1) is 6.10 Å². The molecule has 0 aliphatic carbocycles. The molecule has 3 N–H and O–H groups in total. The van der Waals surface area contributed by atoms with Gasteiger partial charge in [0, 0.05) is 18.3 Å². The van der Waals surface area contributed by atoms with Crippen LogP contribution in [0.3, 0.4) is 0 Å². The normalized spacial score (nSPS) is 11.7. The molecule has 0 radical (unpaired) electrons. The van der Waals surface area contributed by atoms with Crippen molar-refractivity contribution in [3.63, 3.8) is 0 Å². The van der Waals surface area contributed by atoms with Gasteiger partial charge in [0.2, 0.25) is 0 Å². The molecule has 1 aromatic rings. The lowest BCUT2D eigenvalue weighted by atomic mass is 10.2. The molecule has 0 fully saturated rings. The first-order valence-electron chi connectivity index (χ1n) is 5.91. The maximum Gasteiger partial charge on any atom is 0.252 e. The van der Waals surface area contributed by atoms with Crippen LogP contribution in [0.25, 0.3) is 0 Å². The highest BCUT2D eigenvalue weighted by Crippen LogP contribution is 2.14. The zero-order valence-corrected chi connectivity index (χ0v) is 11.3. The summed E-state index contributed by atoms with van der Waals surface area (Å²) in [5.41, 5.74) is 6.76. The van der Waals surface area contributed by atoms with Crippen molar-refractivity contribution < 1.29 is 14.7 Å². The average Bonchev–Trinajstić information content (AvgIpc) is 2.43. The molecule has 0 aliphatic heterocycles. The summed E-state index contributed by atoms with van der Waals surface area (Å²) in [4.78, 5) is 13.3. The Labute approximate surface area is 112 Å². The summed E-state index contributed by atoms with van der Waals surface area (Å²) in [6.07, 6.45) is 0.0142. The van der Waals surface area contributed by atoms with Gasteiger partial charge in [0.15, 0.2) is 5.84 Å². The number of amidine groups is 1. The van der Waals surface area contributed by atoms with Crippen LogP contribution in [-0.4, -0.2) is 36.7 Å². The topological polar surface area (TPSA) is 88.2 Å². The Hall–Kier alpha value is -2.08. The predicted octanol–water partition coefficient (Wildman–Crippen LogP) is 1.17. The van der Waals surface area contributed by atoms with Gasteiger partial charge in [0.25, 0.3) is 5.91 Å². The van der Waals surface area contributed by atoms with E-state index in [-0.39, 0.29) is 24.5 Å². The van der Waals surface area contributed by atoms with Gasteiger partial charge in [-0.3, -0.25) is 4.79 Å². The van der Waals surface area contributed by atoms with Crippen LogP contribution >= 0.6 is 0 Å². The zero-order chi connectivity index (χ0) is 14.4. The van der Waals surface area contributed by atoms with E-state index in [1.54, 1.807) is 31.3 Å². The summed E-state index contributed by atoms with van der Waals surface area (Å²) in [7, 11) is 1.67. The SMILES string of the molecule is CC(C)OCC(=O)N(C)c1ccc(/C(N)=N/O)cc1. The smallest absolute Gasteiger partial charge is 0.252 e. The first-order chi connectivity index (χ1) is 8.95. The summed E-state index contributed by atoms with van der Waals surface area (Å²) < 4.78 is 5.26. The molecule has 0 atom stereocenters. The third-order valence-corrected chi connectivity index (χ3v) is 2.57. The monoisotopic (exact) mass is 265 g/mol. The molecule has 0 heterocycles. The average molecular weight is 265 g/mol. The lowest BCUT2D eigenvalue weighted by Gasteiger charge is -2.18. The second-order valence-corrected chi connectivity index (χ2v) is 4.34. The molecule has 1 aromatic carbocycles. The number of oxime groups is 1. The van der Waals surface area contributed by atoms with Crippen LogP contribution in [0.5, 0.6) is 0 Å². The molecular formula is C13H19N3O3. The van der Waals surface area contributed by atoms with Gasteiger partial charge >= 0.3 is 0 Å². The fourth-order valence-corrected chi connectivity index (χ4v) is 1.39. The minimum atomic E-state index is -0.134. The summed E-state index contributed by atoms with van der Waals surface area (Å²) in [6.45, 7) is 3.79. The number of rotatable bonds is 5. The van der Waals surface area contributed by atoms with Gasteiger partial charge < -0.3 is 20.6 Å². The van der Waals surface area contributed by atoms with Crippen molar-refractivity contribution in [1.82, 2.24) is 0 Å². The summed E-state index contributed by atoms with van der Waals surface area (Å²) in [5.74, 6) is -0.103. The van der Waals surface area contributed by atoms with Crippen LogP contribution < -0.4 is 10.6 Å². The van der Waals surface area contributed by atoms with Crippen LogP contribution in [0, 0.1) is 0 Å². The van der Waals surface area contributed by atoms with Crippen molar-refractivity contribution in [1.29, 1.82) is 0 Å². The molecule has 0 saturated heterocycles. The van der Waals surface area contributed by atoms with E-state index in [4.69, 9.17) is 15.7 Å². The van der Waals surface area contributed by atoms with Crippen LogP contribution in [-0.2, 0) is 9.53 Å². The van der Waals surface area contributed by atoms with Crippen molar-refractivity contribution >= 4 is 17.4 Å². The summed E-state index contributed by atoms with van der Waals surface area (Å²) in [6, 6.07) is 6.80. The molecule has 104 valence electrons. The van der Waals surface area contributed by atoms with E-state index >= 15 is 0 Å². The number of carbonyl (C=O) groups excluding carboxylic acids is 1. The van der Waals surface area contributed by atoms with Crippen molar-refractivity contribution in [2.45, 2.75) is 20.0 Å². The van der Waals surface area contributed by atoms with E-state index < -0.39 is 0 Å². The van der Waals surface area contributed by atoms with Gasteiger partial charge in [-0.2, -0.15) is 0 Å². The Balaban J connectivity index is 2.72. The molecule has 6 heteroatoms. The summed E-state index contributed by atoms with van der Waals surface area (Å²) in [5, 5.41) is 11.5. The molecule has 1 amide bonds. The number of nitrogens with two attached hydrogens (primary N) is 1. The van der Waals surface area contributed by atoms with Crippen molar-refractivity contribution in [3.05, 3.63) is 29.8 Å². The Bertz CT molecular complexity index is 455. The van der Waals surface area contributed by atoms with E-state index in [1.807, 2.05) is 13.8 Å². The van der Waals surface area contributed by atoms with E-state index in [9.17, 15) is 4.79 Å². The Morgan fingerprint density at radius 3 is 2.47 bits per heavy atom. The number of anilines is 1. The standard InChI is InChI=1S/C13H19N3O3/c1-9(2)19-8-12(17)16(3)11-6-4-10(5-7-11)13(14)15-18/h4-7,9,18H,8H2,1-3H3,(H2,14,15). The van der Waals surface area contributed by atoms with Crippen molar-refractivity contribution in [2.75, 3.05) is 18.6 Å². The largest absolute Gasteiger partial charge is 0.409 e. The number of hydrogen-bond acceptors (Lipinski definition) is 4. The Kier molecular flexibility index (Phi) is 5.32. The maximum atomic E-state index is 11.8. The summed E-state index contributed by atoms with van der Waals surface area (Å²) >= 11 is 0. The Morgan fingerprint density at radius 2 is 2.00 bits per heavy atom. The third-order valence-electron chi connectivity index (χ3n) is 2.57. The first-order valence-corrected chi connectivity index (χ1v) is 5.91. The predicted molar refractivity (Wildman–Crippen MR) is 73.5 cm³/mol. The van der Waals surface area contributed by atoms with Crippen LogP contribution in [0.1, 0.15) is 19.4 Å². The van der Waals surface area contributed by atoms with Crippen molar-refractivity contribution in [2.24, 2.45) is 10.9 Å². The van der Waals surface area contributed by atoms with Gasteiger partial charge in [-0.25, -0.2) is 0 Å². The third kappa shape index (κ3) is 4.26.